The Bertz CT molecular complexity index is 746. The number of benzene rings is 2. The molecule has 22 heavy (non-hydrogen) atoms. The fourth-order valence-corrected chi connectivity index (χ4v) is 2.31. The smallest absolute Gasteiger partial charge is 0.375 e. The second kappa shape index (κ2) is 7.18. The Kier molecular flexibility index (Phi) is 6.27. The number of halogens is 5. The molecule has 0 atom stereocenters. The Morgan fingerprint density at radius 2 is 1.50 bits per heavy atom. The monoisotopic (exact) mass is 508 g/mol. The zero-order valence-electron chi connectivity index (χ0n) is 10.7. The lowest BCUT2D eigenvalue weighted by molar-refractivity contribution is -0.0499. The first-order valence-electron chi connectivity index (χ1n) is 5.56. The van der Waals surface area contributed by atoms with Gasteiger partial charge in [0.2, 0.25) is 0 Å². The molecule has 120 valence electrons. The van der Waals surface area contributed by atoms with Crippen LogP contribution >= 0.6 is 39.9 Å². The van der Waals surface area contributed by atoms with Crippen LogP contribution in [0, 0.1) is 0 Å². The van der Waals surface area contributed by atoms with Crippen molar-refractivity contribution in [2.24, 2.45) is 0 Å². The van der Waals surface area contributed by atoms with Crippen LogP contribution in [0.15, 0.2) is 53.0 Å². The minimum Gasteiger partial charge on any atom is -0.375 e. The van der Waals surface area contributed by atoms with Crippen LogP contribution in [0.3, 0.4) is 0 Å². The maximum atomic E-state index is 12.4. The van der Waals surface area contributed by atoms with Crippen LogP contribution in [-0.4, -0.2) is 13.9 Å². The van der Waals surface area contributed by atoms with Crippen molar-refractivity contribution in [2.45, 2.75) is 5.51 Å². The van der Waals surface area contributed by atoms with Crippen LogP contribution in [0.5, 0.6) is 5.75 Å². The number of alkyl halides is 3. The van der Waals surface area contributed by atoms with Crippen molar-refractivity contribution in [1.29, 1.82) is 0 Å². The largest absolute Gasteiger partial charge is 0.534 e. The van der Waals surface area contributed by atoms with Gasteiger partial charge in [-0.1, -0.05) is 46.3 Å². The van der Waals surface area contributed by atoms with Gasteiger partial charge < -0.3 is 4.18 Å². The Balaban J connectivity index is 0.00000242. The molecule has 3 nitrogen and oxygen atoms in total. The van der Waals surface area contributed by atoms with E-state index in [2.05, 4.69) is 20.1 Å². The molecule has 0 N–H and O–H groups in total. The van der Waals surface area contributed by atoms with Gasteiger partial charge in [-0.15, -0.1) is 24.0 Å². The summed E-state index contributed by atoms with van der Waals surface area (Å²) in [5.74, 6) is -0.378. The second-order valence-electron chi connectivity index (χ2n) is 3.99. The maximum absolute atomic E-state index is 12.4. The minimum absolute atomic E-state index is 0. The summed E-state index contributed by atoms with van der Waals surface area (Å²) in [5.41, 5.74) is -4.69. The number of rotatable bonds is 3. The summed E-state index contributed by atoms with van der Waals surface area (Å²) in [4.78, 5) is 0. The highest BCUT2D eigenvalue weighted by atomic mass is 127. The Hall–Kier alpha value is -0.810. The summed E-state index contributed by atoms with van der Waals surface area (Å²) in [6, 6.07) is 12.2. The van der Waals surface area contributed by atoms with Gasteiger partial charge in [0.25, 0.3) is 0 Å². The van der Waals surface area contributed by atoms with Crippen LogP contribution in [-0.2, 0) is 10.1 Å². The van der Waals surface area contributed by atoms with Gasteiger partial charge in [0.1, 0.15) is 0 Å². The molecule has 0 heterocycles. The highest BCUT2D eigenvalue weighted by molar-refractivity contribution is 14.0. The Morgan fingerprint density at radius 1 is 0.955 bits per heavy atom. The average Bonchev–Trinajstić information content (AvgIpc) is 2.39. The topological polar surface area (TPSA) is 43.4 Å². The van der Waals surface area contributed by atoms with E-state index in [1.165, 1.54) is 18.2 Å². The van der Waals surface area contributed by atoms with Crippen molar-refractivity contribution in [2.75, 3.05) is 0 Å². The van der Waals surface area contributed by atoms with E-state index < -0.39 is 15.6 Å². The van der Waals surface area contributed by atoms with E-state index in [4.69, 9.17) is 0 Å². The Morgan fingerprint density at radius 3 is 2.05 bits per heavy atom. The second-order valence-corrected chi connectivity index (χ2v) is 6.44. The highest BCUT2D eigenvalue weighted by Crippen LogP contribution is 2.34. The molecule has 0 aliphatic carbocycles. The minimum atomic E-state index is -5.70. The zero-order valence-corrected chi connectivity index (χ0v) is 15.4. The standard InChI is InChI=1S/C13H8BrF3O3S.HI/c14-10-7-5-9(6-8-10)11-3-1-2-4-12(11)20-21(18,19)13(15,16)17;/h1-8H;1H. The van der Waals surface area contributed by atoms with Crippen LogP contribution in [0.25, 0.3) is 11.1 Å². The summed E-state index contributed by atoms with van der Waals surface area (Å²) < 4.78 is 64.4. The van der Waals surface area contributed by atoms with E-state index in [-0.39, 0.29) is 35.3 Å². The van der Waals surface area contributed by atoms with Gasteiger partial charge in [-0.2, -0.15) is 21.6 Å². The third-order valence-electron chi connectivity index (χ3n) is 2.53. The maximum Gasteiger partial charge on any atom is 0.534 e. The van der Waals surface area contributed by atoms with Gasteiger partial charge in [0, 0.05) is 10.0 Å². The van der Waals surface area contributed by atoms with Crippen molar-refractivity contribution in [3.63, 3.8) is 0 Å². The van der Waals surface area contributed by atoms with Gasteiger partial charge >= 0.3 is 15.6 Å². The molecule has 0 aromatic heterocycles. The highest BCUT2D eigenvalue weighted by Gasteiger charge is 2.48. The number of hydrogen-bond acceptors (Lipinski definition) is 3. The predicted molar refractivity (Wildman–Crippen MR) is 90.6 cm³/mol. The number of para-hydroxylation sites is 1. The van der Waals surface area contributed by atoms with Crippen molar-refractivity contribution >= 4 is 50.0 Å². The van der Waals surface area contributed by atoms with Crippen LogP contribution < -0.4 is 4.18 Å². The summed E-state index contributed by atoms with van der Waals surface area (Å²) in [6.07, 6.45) is 0. The summed E-state index contributed by atoms with van der Waals surface area (Å²) in [5, 5.41) is 0. The van der Waals surface area contributed by atoms with E-state index in [9.17, 15) is 21.6 Å². The van der Waals surface area contributed by atoms with E-state index in [0.717, 1.165) is 4.47 Å². The Labute approximate surface area is 150 Å². The lowest BCUT2D eigenvalue weighted by Crippen LogP contribution is -2.28. The van der Waals surface area contributed by atoms with Crippen LogP contribution in [0.1, 0.15) is 0 Å². The molecule has 0 radical (unpaired) electrons. The molecule has 2 aromatic rings. The third-order valence-corrected chi connectivity index (χ3v) is 4.02. The van der Waals surface area contributed by atoms with Gasteiger partial charge in [-0.25, -0.2) is 0 Å². The first kappa shape index (κ1) is 19.2. The van der Waals surface area contributed by atoms with Gasteiger partial charge in [-0.3, -0.25) is 0 Å². The first-order chi connectivity index (χ1) is 9.71. The predicted octanol–water partition coefficient (Wildman–Crippen LogP) is 4.96. The molecule has 2 aromatic carbocycles. The molecule has 2 rings (SSSR count). The summed E-state index contributed by atoms with van der Waals surface area (Å²) in [6.45, 7) is 0. The molecule has 0 aliphatic heterocycles. The molecule has 9 heteroatoms. The van der Waals surface area contributed by atoms with E-state index in [0.29, 0.717) is 5.56 Å². The van der Waals surface area contributed by atoms with Crippen molar-refractivity contribution < 1.29 is 25.8 Å². The lowest BCUT2D eigenvalue weighted by Gasteiger charge is -2.13. The van der Waals surface area contributed by atoms with Crippen LogP contribution in [0.2, 0.25) is 0 Å². The third kappa shape index (κ3) is 4.35. The molecule has 0 spiro atoms. The normalized spacial score (nSPS) is 11.6. The number of hydrogen-bond donors (Lipinski definition) is 0. The molecular formula is C13H9BrF3IO3S. The molecule has 0 aliphatic rings. The molecule has 0 bridgehead atoms. The average molecular weight is 509 g/mol. The van der Waals surface area contributed by atoms with Gasteiger partial charge in [-0.05, 0) is 23.8 Å². The fourth-order valence-electron chi connectivity index (χ4n) is 1.57. The molecule has 0 fully saturated rings. The molecule has 0 unspecified atom stereocenters. The fraction of sp³-hybridized carbons (Fsp3) is 0.0769. The zero-order chi connectivity index (χ0) is 15.7. The molecular weight excluding hydrogens is 500 g/mol. The van der Waals surface area contributed by atoms with Crippen LogP contribution in [0.4, 0.5) is 13.2 Å². The van der Waals surface area contributed by atoms with Gasteiger partial charge in [0.15, 0.2) is 5.75 Å². The van der Waals surface area contributed by atoms with E-state index in [1.54, 1.807) is 30.3 Å². The van der Waals surface area contributed by atoms with Crippen molar-refractivity contribution in [3.8, 4) is 16.9 Å². The van der Waals surface area contributed by atoms with Crippen molar-refractivity contribution in [1.82, 2.24) is 0 Å². The SMILES string of the molecule is I.O=S(=O)(Oc1ccccc1-c1ccc(Br)cc1)C(F)(F)F. The quantitative estimate of drug-likeness (QED) is 0.334. The molecule has 0 saturated carbocycles. The van der Waals surface area contributed by atoms with E-state index in [1.807, 2.05) is 0 Å². The summed E-state index contributed by atoms with van der Waals surface area (Å²) >= 11 is 3.24. The molecule has 0 amide bonds. The van der Waals surface area contributed by atoms with Crippen molar-refractivity contribution in [3.05, 3.63) is 53.0 Å². The van der Waals surface area contributed by atoms with E-state index >= 15 is 0 Å². The van der Waals surface area contributed by atoms with Gasteiger partial charge in [0.05, 0.1) is 0 Å². The molecule has 0 saturated heterocycles. The first-order valence-corrected chi connectivity index (χ1v) is 7.76. The summed E-state index contributed by atoms with van der Waals surface area (Å²) in [7, 11) is -5.70. The lowest BCUT2D eigenvalue weighted by atomic mass is 10.1.